The highest BCUT2D eigenvalue weighted by molar-refractivity contribution is 6.03. The van der Waals surface area contributed by atoms with Crippen LogP contribution in [0.25, 0.3) is 0 Å². The van der Waals surface area contributed by atoms with Gasteiger partial charge in [-0.15, -0.1) is 0 Å². The fourth-order valence-corrected chi connectivity index (χ4v) is 6.69. The maximum atomic E-state index is 11.6. The zero-order valence-corrected chi connectivity index (χ0v) is 19.5. The third kappa shape index (κ3) is 3.62. The molecule has 3 aliphatic carbocycles. The minimum Gasteiger partial charge on any atom is -0.504 e. The van der Waals surface area contributed by atoms with Gasteiger partial charge in [-0.05, 0) is 90.7 Å². The Hall–Kier alpha value is -3.40. The summed E-state index contributed by atoms with van der Waals surface area (Å²) < 4.78 is 5.42. The number of fused-ring (bicyclic) bond motifs is 5. The van der Waals surface area contributed by atoms with Gasteiger partial charge in [-0.2, -0.15) is 10.2 Å². The van der Waals surface area contributed by atoms with Crippen LogP contribution in [0, 0.1) is 33.5 Å². The number of methoxy groups -OCH3 is 1. The Bertz CT molecular complexity index is 1170. The third-order valence-corrected chi connectivity index (χ3v) is 8.49. The molecule has 0 aliphatic heterocycles. The van der Waals surface area contributed by atoms with Crippen molar-refractivity contribution >= 4 is 5.71 Å². The maximum Gasteiger partial charge on any atom is 0.160 e. The van der Waals surface area contributed by atoms with Gasteiger partial charge in [-0.1, -0.05) is 29.4 Å². The van der Waals surface area contributed by atoms with E-state index < -0.39 is 0 Å². The van der Waals surface area contributed by atoms with E-state index in [4.69, 9.17) is 14.8 Å². The molecule has 176 valence electrons. The predicted molar refractivity (Wildman–Crippen MR) is 128 cm³/mol. The molecule has 0 amide bonds. The van der Waals surface area contributed by atoms with E-state index in [0.29, 0.717) is 35.7 Å². The molecule has 2 aromatic carbocycles. The Morgan fingerprint density at radius 1 is 1.21 bits per heavy atom. The van der Waals surface area contributed by atoms with Crippen LogP contribution >= 0.6 is 0 Å². The van der Waals surface area contributed by atoms with Gasteiger partial charge in [0.15, 0.2) is 11.5 Å². The van der Waals surface area contributed by atoms with Crippen molar-refractivity contribution in [1.29, 1.82) is 5.26 Å². The summed E-state index contributed by atoms with van der Waals surface area (Å²) in [7, 11) is 1.56. The Kier molecular flexibility index (Phi) is 5.76. The molecule has 0 saturated heterocycles. The van der Waals surface area contributed by atoms with Crippen LogP contribution in [-0.4, -0.2) is 24.0 Å². The Balaban J connectivity index is 1.48. The number of nitroso groups, excluding NO2 is 1. The number of benzene rings is 2. The number of hydrogen-bond donors (Lipinski definition) is 1. The molecule has 7 heteroatoms. The molecule has 1 unspecified atom stereocenters. The molecule has 1 N–H and O–H groups in total. The lowest BCUT2D eigenvalue weighted by Gasteiger charge is -2.49. The average molecular weight is 460 g/mol. The molecule has 7 nitrogen and oxygen atoms in total. The molecule has 2 aromatic rings. The van der Waals surface area contributed by atoms with Gasteiger partial charge in [0.25, 0.3) is 0 Å². The monoisotopic (exact) mass is 459 g/mol. The summed E-state index contributed by atoms with van der Waals surface area (Å²) in [6.45, 7) is 2.52. The first-order chi connectivity index (χ1) is 16.5. The van der Waals surface area contributed by atoms with Crippen molar-refractivity contribution in [2.24, 2.45) is 27.6 Å². The largest absolute Gasteiger partial charge is 0.504 e. The van der Waals surface area contributed by atoms with Crippen LogP contribution < -0.4 is 4.74 Å². The molecular weight excluding hydrogens is 430 g/mol. The van der Waals surface area contributed by atoms with E-state index in [1.54, 1.807) is 25.3 Å². The number of oxime groups is 1. The molecule has 2 fully saturated rings. The smallest absolute Gasteiger partial charge is 0.160 e. The maximum absolute atomic E-state index is 11.6. The molecule has 5 atom stereocenters. The molecule has 34 heavy (non-hydrogen) atoms. The van der Waals surface area contributed by atoms with Crippen molar-refractivity contribution in [2.75, 3.05) is 7.11 Å². The van der Waals surface area contributed by atoms with Crippen LogP contribution in [0.1, 0.15) is 67.2 Å². The van der Waals surface area contributed by atoms with E-state index in [0.717, 1.165) is 54.5 Å². The standard InChI is InChI=1S/C27H29N3O4/c1-27-10-9-18-19-13-25(33-2)24(31)12-21(19)23(11-20(18)22(27)7-8-26(27)29-32)30-34-15-17-5-3-16(14-28)4-6-17/h3-6,12-13,18,20,22,26,31H,7-11,15H2,1-2H3/t18-,20-,22+,26?,27+/m1/s1. The van der Waals surface area contributed by atoms with Crippen molar-refractivity contribution in [2.45, 2.75) is 57.6 Å². The number of hydrogen-bond acceptors (Lipinski definition) is 7. The summed E-state index contributed by atoms with van der Waals surface area (Å²) in [6, 6.07) is 12.9. The van der Waals surface area contributed by atoms with Crippen molar-refractivity contribution in [3.8, 4) is 17.6 Å². The van der Waals surface area contributed by atoms with Crippen LogP contribution in [0.3, 0.4) is 0 Å². The number of aromatic hydroxyl groups is 1. The Morgan fingerprint density at radius 2 is 2.00 bits per heavy atom. The van der Waals surface area contributed by atoms with Crippen LogP contribution in [0.2, 0.25) is 0 Å². The molecule has 2 saturated carbocycles. The highest BCUT2D eigenvalue weighted by Gasteiger charge is 2.56. The summed E-state index contributed by atoms with van der Waals surface area (Å²) in [5, 5.41) is 27.5. The number of ether oxygens (including phenoxy) is 1. The van der Waals surface area contributed by atoms with Crippen LogP contribution in [0.5, 0.6) is 11.5 Å². The lowest BCUT2D eigenvalue weighted by atomic mass is 9.55. The first kappa shape index (κ1) is 22.4. The zero-order chi connectivity index (χ0) is 23.9. The summed E-state index contributed by atoms with van der Waals surface area (Å²) in [4.78, 5) is 17.3. The zero-order valence-electron chi connectivity index (χ0n) is 19.5. The fourth-order valence-electron chi connectivity index (χ4n) is 6.69. The van der Waals surface area contributed by atoms with E-state index >= 15 is 0 Å². The number of nitrogens with zero attached hydrogens (tertiary/aromatic N) is 3. The van der Waals surface area contributed by atoms with Crippen molar-refractivity contribution in [3.63, 3.8) is 0 Å². The molecule has 0 radical (unpaired) electrons. The highest BCUT2D eigenvalue weighted by Crippen LogP contribution is 2.62. The fraction of sp³-hybridized carbons (Fsp3) is 0.481. The topological polar surface area (TPSA) is 104 Å². The molecule has 0 aromatic heterocycles. The average Bonchev–Trinajstić information content (AvgIpc) is 3.20. The summed E-state index contributed by atoms with van der Waals surface area (Å²) in [6.07, 6.45) is 4.53. The Labute approximate surface area is 199 Å². The summed E-state index contributed by atoms with van der Waals surface area (Å²) in [5.74, 6) is 1.61. The number of phenols is 1. The van der Waals surface area contributed by atoms with Gasteiger partial charge in [0.05, 0.1) is 30.5 Å². The van der Waals surface area contributed by atoms with E-state index in [1.165, 1.54) is 0 Å². The van der Waals surface area contributed by atoms with Crippen LogP contribution in [0.4, 0.5) is 0 Å². The van der Waals surface area contributed by atoms with Crippen molar-refractivity contribution < 1.29 is 14.7 Å². The Morgan fingerprint density at radius 3 is 2.71 bits per heavy atom. The normalized spacial score (nSPS) is 30.6. The number of rotatable bonds is 5. The lowest BCUT2D eigenvalue weighted by molar-refractivity contribution is 0.0591. The van der Waals surface area contributed by atoms with Gasteiger partial charge >= 0.3 is 0 Å². The second kappa shape index (κ2) is 8.75. The minimum atomic E-state index is -0.123. The first-order valence-electron chi connectivity index (χ1n) is 11.9. The van der Waals surface area contributed by atoms with Crippen molar-refractivity contribution in [3.05, 3.63) is 63.6 Å². The molecule has 0 heterocycles. The van der Waals surface area contributed by atoms with Gasteiger partial charge in [-0.25, -0.2) is 0 Å². The van der Waals surface area contributed by atoms with Crippen LogP contribution in [0.15, 0.2) is 46.7 Å². The SMILES string of the molecule is COc1cc2c(cc1O)C(=NOCc1ccc(C#N)cc1)C[C@@H]1[C@@H]2CC[C@]2(C)C(N=O)CC[C@@H]12. The second-order valence-corrected chi connectivity index (χ2v) is 10.1. The molecule has 5 rings (SSSR count). The van der Waals surface area contributed by atoms with E-state index in [2.05, 4.69) is 23.3 Å². The van der Waals surface area contributed by atoms with E-state index in [9.17, 15) is 10.0 Å². The van der Waals surface area contributed by atoms with Crippen LogP contribution in [-0.2, 0) is 11.4 Å². The molecule has 3 aliphatic rings. The summed E-state index contributed by atoms with van der Waals surface area (Å²) in [5.41, 5.74) is 4.31. The number of phenolic OH excluding ortho intramolecular Hbond substituents is 1. The van der Waals surface area contributed by atoms with E-state index in [-0.39, 0.29) is 17.2 Å². The van der Waals surface area contributed by atoms with Gasteiger partial charge in [0, 0.05) is 5.56 Å². The van der Waals surface area contributed by atoms with Gasteiger partial charge in [0.2, 0.25) is 0 Å². The number of nitriles is 1. The molecule has 0 spiro atoms. The quantitative estimate of drug-likeness (QED) is 0.460. The van der Waals surface area contributed by atoms with E-state index in [1.807, 2.05) is 18.2 Å². The first-order valence-corrected chi connectivity index (χ1v) is 11.9. The van der Waals surface area contributed by atoms with Gasteiger partial charge < -0.3 is 14.7 Å². The summed E-state index contributed by atoms with van der Waals surface area (Å²) >= 11 is 0. The predicted octanol–water partition coefficient (Wildman–Crippen LogP) is 5.64. The van der Waals surface area contributed by atoms with Crippen molar-refractivity contribution in [1.82, 2.24) is 0 Å². The highest BCUT2D eigenvalue weighted by atomic mass is 16.6. The van der Waals surface area contributed by atoms with Gasteiger partial charge in [0.1, 0.15) is 6.61 Å². The molecular formula is C27H29N3O4. The second-order valence-electron chi connectivity index (χ2n) is 10.1. The van der Waals surface area contributed by atoms with Gasteiger partial charge in [-0.3, -0.25) is 0 Å². The minimum absolute atomic E-state index is 0.0735. The lowest BCUT2D eigenvalue weighted by Crippen LogP contribution is -2.44. The molecule has 0 bridgehead atoms. The third-order valence-electron chi connectivity index (χ3n) is 8.49.